The first-order valence-corrected chi connectivity index (χ1v) is 7.56. The molecule has 1 aliphatic heterocycles. The molecule has 7 nitrogen and oxygen atoms in total. The number of carbonyl (C=O) groups is 1. The number of carbonyl (C=O) groups excluding carboxylic acids is 1. The van der Waals surface area contributed by atoms with Gasteiger partial charge in [0.1, 0.15) is 11.8 Å². The van der Waals surface area contributed by atoms with E-state index in [0.717, 1.165) is 31.9 Å². The highest BCUT2D eigenvalue weighted by Crippen LogP contribution is 2.17. The van der Waals surface area contributed by atoms with Crippen molar-refractivity contribution in [2.24, 2.45) is 7.05 Å². The van der Waals surface area contributed by atoms with Crippen molar-refractivity contribution < 1.29 is 4.79 Å². The zero-order chi connectivity index (χ0) is 16.2. The zero-order valence-corrected chi connectivity index (χ0v) is 12.9. The molecule has 7 heteroatoms. The van der Waals surface area contributed by atoms with Gasteiger partial charge >= 0.3 is 0 Å². The summed E-state index contributed by atoms with van der Waals surface area (Å²) < 4.78 is 2.00. The van der Waals surface area contributed by atoms with E-state index in [9.17, 15) is 4.79 Å². The predicted molar refractivity (Wildman–Crippen MR) is 84.9 cm³/mol. The first kappa shape index (κ1) is 15.0. The average molecular weight is 310 g/mol. The molecule has 0 bridgehead atoms. The van der Waals surface area contributed by atoms with Crippen molar-refractivity contribution in [3.05, 3.63) is 42.0 Å². The third-order valence-electron chi connectivity index (χ3n) is 4.03. The summed E-state index contributed by atoms with van der Waals surface area (Å²) in [6.07, 6.45) is 6.88. The Morgan fingerprint density at radius 1 is 1.35 bits per heavy atom. The number of piperidine rings is 1. The van der Waals surface area contributed by atoms with Crippen LogP contribution in [0, 0.1) is 11.3 Å². The van der Waals surface area contributed by atoms with E-state index in [-0.39, 0.29) is 11.9 Å². The highest BCUT2D eigenvalue weighted by Gasteiger charge is 2.23. The van der Waals surface area contributed by atoms with Gasteiger partial charge in [0, 0.05) is 44.8 Å². The molecule has 1 saturated heterocycles. The van der Waals surface area contributed by atoms with Crippen LogP contribution in [0.4, 0.5) is 5.95 Å². The smallest absolute Gasteiger partial charge is 0.270 e. The monoisotopic (exact) mass is 310 g/mol. The van der Waals surface area contributed by atoms with Crippen LogP contribution < -0.4 is 10.2 Å². The lowest BCUT2D eigenvalue weighted by molar-refractivity contribution is 0.0926. The Hall–Kier alpha value is -2.88. The molecule has 2 aromatic rings. The molecule has 0 spiro atoms. The topological polar surface area (TPSA) is 86.8 Å². The Bertz CT molecular complexity index is 722. The van der Waals surface area contributed by atoms with Crippen molar-refractivity contribution in [3.63, 3.8) is 0 Å². The number of hydrogen-bond acceptors (Lipinski definition) is 5. The van der Waals surface area contributed by atoms with Gasteiger partial charge in [-0.3, -0.25) is 4.79 Å². The number of nitrogens with one attached hydrogen (secondary N) is 1. The van der Waals surface area contributed by atoms with E-state index in [1.165, 1.54) is 6.20 Å². The normalized spacial score (nSPS) is 15.2. The van der Waals surface area contributed by atoms with E-state index >= 15 is 0 Å². The van der Waals surface area contributed by atoms with Crippen LogP contribution in [0.3, 0.4) is 0 Å². The molecule has 0 aromatic carbocycles. The fourth-order valence-electron chi connectivity index (χ4n) is 2.74. The number of rotatable bonds is 3. The van der Waals surface area contributed by atoms with E-state index in [0.29, 0.717) is 11.3 Å². The van der Waals surface area contributed by atoms with Gasteiger partial charge < -0.3 is 14.8 Å². The number of anilines is 1. The number of nitrogens with zero attached hydrogens (tertiary/aromatic N) is 5. The van der Waals surface area contributed by atoms with E-state index in [4.69, 9.17) is 5.26 Å². The summed E-state index contributed by atoms with van der Waals surface area (Å²) in [6, 6.07) is 5.31. The second-order valence-corrected chi connectivity index (χ2v) is 5.62. The largest absolute Gasteiger partial charge is 0.348 e. The van der Waals surface area contributed by atoms with Gasteiger partial charge in [0.2, 0.25) is 5.95 Å². The maximum absolute atomic E-state index is 12.2. The van der Waals surface area contributed by atoms with Crippen LogP contribution in [0.25, 0.3) is 0 Å². The standard InChI is InChI=1S/C16H18N6O/c1-21-9-6-18-16(21)22-7-4-13(5-8-22)20-15(23)14-3-2-12(10-17)11-19-14/h2-3,6,9,11,13H,4-5,7-8H2,1H3,(H,20,23). The first-order valence-electron chi connectivity index (χ1n) is 7.56. The second-order valence-electron chi connectivity index (χ2n) is 5.62. The molecular weight excluding hydrogens is 292 g/mol. The van der Waals surface area contributed by atoms with Crippen LogP contribution in [0.1, 0.15) is 28.9 Å². The van der Waals surface area contributed by atoms with Gasteiger partial charge in [-0.2, -0.15) is 5.26 Å². The summed E-state index contributed by atoms with van der Waals surface area (Å²) in [7, 11) is 1.98. The van der Waals surface area contributed by atoms with Crippen molar-refractivity contribution >= 4 is 11.9 Å². The molecule has 3 heterocycles. The SMILES string of the molecule is Cn1ccnc1N1CCC(NC(=O)c2ccc(C#N)cn2)CC1. The highest BCUT2D eigenvalue weighted by atomic mass is 16.1. The van der Waals surface area contributed by atoms with Gasteiger partial charge in [-0.15, -0.1) is 0 Å². The van der Waals surface area contributed by atoms with Crippen LogP contribution in [-0.2, 0) is 7.05 Å². The van der Waals surface area contributed by atoms with E-state index in [2.05, 4.69) is 20.2 Å². The molecule has 2 aromatic heterocycles. The third-order valence-corrected chi connectivity index (χ3v) is 4.03. The van der Waals surface area contributed by atoms with Crippen molar-refractivity contribution in [1.82, 2.24) is 19.9 Å². The van der Waals surface area contributed by atoms with Crippen LogP contribution in [0.5, 0.6) is 0 Å². The molecule has 1 N–H and O–H groups in total. The Balaban J connectivity index is 1.55. The van der Waals surface area contributed by atoms with Gasteiger partial charge in [0.05, 0.1) is 5.56 Å². The van der Waals surface area contributed by atoms with Gasteiger partial charge in [-0.25, -0.2) is 9.97 Å². The van der Waals surface area contributed by atoms with Crippen LogP contribution >= 0.6 is 0 Å². The Labute approximate surface area is 134 Å². The predicted octanol–water partition coefficient (Wildman–Crippen LogP) is 1.09. The average Bonchev–Trinajstić information content (AvgIpc) is 3.01. The molecule has 0 atom stereocenters. The molecule has 0 saturated carbocycles. The summed E-state index contributed by atoms with van der Waals surface area (Å²) in [5.41, 5.74) is 0.792. The molecule has 0 unspecified atom stereocenters. The van der Waals surface area contributed by atoms with Gasteiger partial charge in [0.25, 0.3) is 5.91 Å². The van der Waals surface area contributed by atoms with Gasteiger partial charge in [-0.1, -0.05) is 0 Å². The lowest BCUT2D eigenvalue weighted by Gasteiger charge is -2.32. The zero-order valence-electron chi connectivity index (χ0n) is 12.9. The van der Waals surface area contributed by atoms with Crippen molar-refractivity contribution in [2.75, 3.05) is 18.0 Å². The minimum absolute atomic E-state index is 0.136. The summed E-state index contributed by atoms with van der Waals surface area (Å²) in [5.74, 6) is 0.772. The Kier molecular flexibility index (Phi) is 4.24. The Morgan fingerprint density at radius 2 is 2.13 bits per heavy atom. The quantitative estimate of drug-likeness (QED) is 0.917. The number of nitriles is 1. The second kappa shape index (κ2) is 6.48. The molecule has 1 amide bonds. The summed E-state index contributed by atoms with van der Waals surface area (Å²) >= 11 is 0. The molecule has 0 radical (unpaired) electrons. The molecule has 118 valence electrons. The van der Waals surface area contributed by atoms with Crippen molar-refractivity contribution in [1.29, 1.82) is 5.26 Å². The molecule has 1 aliphatic rings. The molecule has 23 heavy (non-hydrogen) atoms. The van der Waals surface area contributed by atoms with Crippen LogP contribution in [0.15, 0.2) is 30.7 Å². The molecule has 3 rings (SSSR count). The van der Waals surface area contributed by atoms with Gasteiger partial charge in [0.15, 0.2) is 0 Å². The molecule has 1 fully saturated rings. The maximum atomic E-state index is 12.2. The van der Waals surface area contributed by atoms with E-state index in [1.54, 1.807) is 18.3 Å². The van der Waals surface area contributed by atoms with E-state index < -0.39 is 0 Å². The molecular formula is C16H18N6O. The maximum Gasteiger partial charge on any atom is 0.270 e. The summed E-state index contributed by atoms with van der Waals surface area (Å²) in [4.78, 5) is 22.8. The summed E-state index contributed by atoms with van der Waals surface area (Å²) in [5, 5.41) is 11.8. The number of imidazole rings is 1. The summed E-state index contributed by atoms with van der Waals surface area (Å²) in [6.45, 7) is 1.72. The van der Waals surface area contributed by atoms with Crippen molar-refractivity contribution in [3.8, 4) is 6.07 Å². The fourth-order valence-corrected chi connectivity index (χ4v) is 2.74. The number of pyridine rings is 1. The minimum atomic E-state index is -0.190. The highest BCUT2D eigenvalue weighted by molar-refractivity contribution is 5.92. The van der Waals surface area contributed by atoms with E-state index in [1.807, 2.05) is 23.9 Å². The first-order chi connectivity index (χ1) is 11.2. The van der Waals surface area contributed by atoms with Gasteiger partial charge in [-0.05, 0) is 25.0 Å². The number of aromatic nitrogens is 3. The van der Waals surface area contributed by atoms with Crippen LogP contribution in [0.2, 0.25) is 0 Å². The van der Waals surface area contributed by atoms with Crippen LogP contribution in [-0.4, -0.2) is 39.6 Å². The molecule has 0 aliphatic carbocycles. The third kappa shape index (κ3) is 3.31. The fraction of sp³-hybridized carbons (Fsp3) is 0.375. The number of amides is 1. The minimum Gasteiger partial charge on any atom is -0.348 e. The lowest BCUT2D eigenvalue weighted by Crippen LogP contribution is -2.45. The Morgan fingerprint density at radius 3 is 2.70 bits per heavy atom. The lowest BCUT2D eigenvalue weighted by atomic mass is 10.1. The number of hydrogen-bond donors (Lipinski definition) is 1. The van der Waals surface area contributed by atoms with Crippen molar-refractivity contribution in [2.45, 2.75) is 18.9 Å². The number of aryl methyl sites for hydroxylation is 1.